The fourth-order valence-electron chi connectivity index (χ4n) is 5.32. The Balaban J connectivity index is 1.17. The van der Waals surface area contributed by atoms with E-state index in [-0.39, 0.29) is 11.9 Å². The zero-order valence-corrected chi connectivity index (χ0v) is 19.0. The van der Waals surface area contributed by atoms with Crippen LogP contribution in [0.4, 0.5) is 0 Å². The summed E-state index contributed by atoms with van der Waals surface area (Å²) >= 11 is 0. The minimum Gasteiger partial charge on any atom is -0.427 e. The van der Waals surface area contributed by atoms with Gasteiger partial charge in [-0.05, 0) is 84.3 Å². The molecule has 1 heterocycles. The first-order valence-electron chi connectivity index (χ1n) is 11.9. The van der Waals surface area contributed by atoms with Gasteiger partial charge in [-0.1, -0.05) is 36.4 Å². The molecule has 3 aromatic rings. The largest absolute Gasteiger partial charge is 0.427 e. The van der Waals surface area contributed by atoms with Crippen LogP contribution in [0.1, 0.15) is 41.3 Å². The molecule has 1 aliphatic heterocycles. The van der Waals surface area contributed by atoms with Gasteiger partial charge < -0.3 is 10.1 Å². The first-order chi connectivity index (χ1) is 16.0. The summed E-state index contributed by atoms with van der Waals surface area (Å²) in [7, 11) is 0. The van der Waals surface area contributed by atoms with Gasteiger partial charge in [0.25, 0.3) is 5.91 Å². The number of likely N-dealkylation sites (tertiary alicyclic amines) is 1. The van der Waals surface area contributed by atoms with Gasteiger partial charge in [0, 0.05) is 31.6 Å². The lowest BCUT2D eigenvalue weighted by atomic mass is 9.95. The molecule has 170 valence electrons. The molecule has 5 rings (SSSR count). The highest BCUT2D eigenvalue weighted by molar-refractivity contribution is 5.98. The Morgan fingerprint density at radius 2 is 1.73 bits per heavy atom. The van der Waals surface area contributed by atoms with E-state index in [2.05, 4.69) is 34.5 Å². The summed E-state index contributed by atoms with van der Waals surface area (Å²) in [6.07, 6.45) is 4.64. The van der Waals surface area contributed by atoms with Crippen molar-refractivity contribution >= 4 is 22.6 Å². The summed E-state index contributed by atoms with van der Waals surface area (Å²) in [6.45, 7) is 4.30. The molecule has 1 atom stereocenters. The average Bonchev–Trinajstić information content (AvgIpc) is 3.26. The molecule has 0 saturated carbocycles. The van der Waals surface area contributed by atoms with Crippen LogP contribution >= 0.6 is 0 Å². The number of rotatable bonds is 5. The van der Waals surface area contributed by atoms with Crippen LogP contribution in [0.15, 0.2) is 60.7 Å². The number of fused-ring (bicyclic) bond motifs is 2. The number of nitrogens with one attached hydrogen (secondary N) is 1. The van der Waals surface area contributed by atoms with Crippen molar-refractivity contribution in [1.82, 2.24) is 10.2 Å². The van der Waals surface area contributed by atoms with Gasteiger partial charge in [-0.15, -0.1) is 0 Å². The summed E-state index contributed by atoms with van der Waals surface area (Å²) in [4.78, 5) is 26.6. The molecule has 0 bridgehead atoms. The Morgan fingerprint density at radius 3 is 2.48 bits per heavy atom. The minimum absolute atomic E-state index is 0.0358. The molecule has 0 radical (unpaired) electrons. The van der Waals surface area contributed by atoms with Crippen LogP contribution in [0.5, 0.6) is 5.75 Å². The minimum atomic E-state index is -0.343. The molecule has 5 nitrogen and oxygen atoms in total. The van der Waals surface area contributed by atoms with Gasteiger partial charge in [0.1, 0.15) is 5.75 Å². The summed E-state index contributed by atoms with van der Waals surface area (Å²) in [5.41, 5.74) is 3.64. The second-order valence-electron chi connectivity index (χ2n) is 9.36. The Bertz CT molecular complexity index is 1160. The predicted octanol–water partition coefficient (Wildman–Crippen LogP) is 4.37. The number of carbonyl (C=O) groups is 2. The molecule has 33 heavy (non-hydrogen) atoms. The van der Waals surface area contributed by atoms with Crippen molar-refractivity contribution in [3.8, 4) is 5.75 Å². The number of piperidine rings is 1. The number of hydrogen-bond acceptors (Lipinski definition) is 4. The van der Waals surface area contributed by atoms with Gasteiger partial charge in [-0.25, -0.2) is 0 Å². The highest BCUT2D eigenvalue weighted by Crippen LogP contribution is 2.29. The van der Waals surface area contributed by atoms with E-state index in [0.717, 1.165) is 43.1 Å². The average molecular weight is 443 g/mol. The van der Waals surface area contributed by atoms with Gasteiger partial charge in [0.15, 0.2) is 0 Å². The lowest BCUT2D eigenvalue weighted by Crippen LogP contribution is -2.46. The summed E-state index contributed by atoms with van der Waals surface area (Å²) in [6, 6.07) is 20.5. The number of benzene rings is 3. The first kappa shape index (κ1) is 21.7. The highest BCUT2D eigenvalue weighted by Gasteiger charge is 2.30. The van der Waals surface area contributed by atoms with Crippen molar-refractivity contribution in [2.75, 3.05) is 19.6 Å². The van der Waals surface area contributed by atoms with E-state index in [9.17, 15) is 9.59 Å². The molecule has 1 N–H and O–H groups in total. The van der Waals surface area contributed by atoms with Crippen LogP contribution in [0.2, 0.25) is 0 Å². The number of ether oxygens (including phenoxy) is 1. The maximum atomic E-state index is 12.8. The summed E-state index contributed by atoms with van der Waals surface area (Å²) in [5, 5.41) is 5.05. The molecule has 2 aliphatic rings. The van der Waals surface area contributed by atoms with E-state index in [0.29, 0.717) is 29.8 Å². The highest BCUT2D eigenvalue weighted by atomic mass is 16.5. The first-order valence-corrected chi connectivity index (χ1v) is 11.9. The van der Waals surface area contributed by atoms with E-state index < -0.39 is 0 Å². The molecule has 3 aromatic carbocycles. The third-order valence-electron chi connectivity index (χ3n) is 6.98. The molecule has 5 heteroatoms. The molecule has 1 fully saturated rings. The topological polar surface area (TPSA) is 58.6 Å². The molecular weight excluding hydrogens is 412 g/mol. The summed E-state index contributed by atoms with van der Waals surface area (Å²) < 4.78 is 5.15. The Hall–Kier alpha value is -3.18. The SMILES string of the molecule is CC(=O)Oc1ccc2cc(C(=O)NCC3CCCN(C4Cc5ccccc5C4)C3)ccc2c1. The molecular formula is C28H30N2O3. The second kappa shape index (κ2) is 9.36. The van der Waals surface area contributed by atoms with Gasteiger partial charge in [-0.2, -0.15) is 0 Å². The molecule has 1 saturated heterocycles. The van der Waals surface area contributed by atoms with Gasteiger partial charge in [-0.3, -0.25) is 14.5 Å². The zero-order chi connectivity index (χ0) is 22.8. The van der Waals surface area contributed by atoms with Crippen LogP contribution in [0, 0.1) is 5.92 Å². The van der Waals surface area contributed by atoms with E-state index in [1.807, 2.05) is 30.3 Å². The van der Waals surface area contributed by atoms with Crippen LogP contribution in [-0.4, -0.2) is 42.5 Å². The third-order valence-corrected chi connectivity index (χ3v) is 6.98. The van der Waals surface area contributed by atoms with Crippen LogP contribution in [-0.2, 0) is 17.6 Å². The van der Waals surface area contributed by atoms with Crippen LogP contribution in [0.25, 0.3) is 10.8 Å². The van der Waals surface area contributed by atoms with Crippen molar-refractivity contribution in [2.45, 2.75) is 38.6 Å². The van der Waals surface area contributed by atoms with Gasteiger partial charge in [0.2, 0.25) is 0 Å². The van der Waals surface area contributed by atoms with Crippen molar-refractivity contribution in [3.05, 3.63) is 77.4 Å². The number of nitrogens with zero attached hydrogens (tertiary/aromatic N) is 1. The molecule has 1 aliphatic carbocycles. The monoisotopic (exact) mass is 442 g/mol. The van der Waals surface area contributed by atoms with Crippen LogP contribution in [0.3, 0.4) is 0 Å². The summed E-state index contributed by atoms with van der Waals surface area (Å²) in [5.74, 6) is 0.619. The standard InChI is InChI=1S/C28H30N2O3/c1-19(31)33-27-11-10-23-13-25(9-8-24(23)16-27)28(32)29-17-20-5-4-12-30(18-20)26-14-21-6-2-3-7-22(21)15-26/h2-3,6-11,13,16,20,26H,4-5,12,14-15,17-18H2,1H3,(H,29,32). The zero-order valence-electron chi connectivity index (χ0n) is 19.0. The molecule has 1 unspecified atom stereocenters. The molecule has 0 aromatic heterocycles. The lowest BCUT2D eigenvalue weighted by molar-refractivity contribution is -0.131. The van der Waals surface area contributed by atoms with Crippen molar-refractivity contribution < 1.29 is 14.3 Å². The fraction of sp³-hybridized carbons (Fsp3) is 0.357. The number of carbonyl (C=O) groups excluding carboxylic acids is 2. The van der Waals surface area contributed by atoms with Crippen molar-refractivity contribution in [2.24, 2.45) is 5.92 Å². The van der Waals surface area contributed by atoms with Gasteiger partial charge >= 0.3 is 5.97 Å². The fourth-order valence-corrected chi connectivity index (χ4v) is 5.32. The molecule has 1 amide bonds. The second-order valence-corrected chi connectivity index (χ2v) is 9.36. The number of esters is 1. The quantitative estimate of drug-likeness (QED) is 0.471. The number of hydrogen-bond donors (Lipinski definition) is 1. The Labute approximate surface area is 194 Å². The lowest BCUT2D eigenvalue weighted by Gasteiger charge is -2.37. The maximum absolute atomic E-state index is 12.8. The smallest absolute Gasteiger partial charge is 0.308 e. The van der Waals surface area contributed by atoms with E-state index in [4.69, 9.17) is 4.74 Å². The van der Waals surface area contributed by atoms with Crippen LogP contribution < -0.4 is 10.1 Å². The van der Waals surface area contributed by atoms with E-state index in [1.165, 1.54) is 24.5 Å². The van der Waals surface area contributed by atoms with E-state index in [1.54, 1.807) is 6.07 Å². The predicted molar refractivity (Wildman–Crippen MR) is 130 cm³/mol. The van der Waals surface area contributed by atoms with E-state index >= 15 is 0 Å². The third kappa shape index (κ3) is 4.93. The van der Waals surface area contributed by atoms with Crippen molar-refractivity contribution in [3.63, 3.8) is 0 Å². The van der Waals surface area contributed by atoms with Crippen molar-refractivity contribution in [1.29, 1.82) is 0 Å². The maximum Gasteiger partial charge on any atom is 0.308 e. The molecule has 0 spiro atoms. The normalized spacial score (nSPS) is 18.8. The number of amides is 1. The Morgan fingerprint density at radius 1 is 1.00 bits per heavy atom. The van der Waals surface area contributed by atoms with Gasteiger partial charge in [0.05, 0.1) is 0 Å². The Kier molecular flexibility index (Phi) is 6.14.